The van der Waals surface area contributed by atoms with E-state index in [-0.39, 0.29) is 24.8 Å². The Balaban J connectivity index is 0.00000112. The topological polar surface area (TPSA) is 0 Å². The van der Waals surface area contributed by atoms with Gasteiger partial charge >= 0.3 is 174 Å². The molecule has 0 fully saturated rings. The van der Waals surface area contributed by atoms with Gasteiger partial charge in [-0.3, -0.25) is 0 Å². The Morgan fingerprint density at radius 1 is 0.929 bits per heavy atom. The number of hydrogen-bond donors (Lipinski definition) is 0. The molecule has 3 atom stereocenters. The number of halogens is 3. The van der Waals surface area contributed by atoms with Crippen molar-refractivity contribution in [3.05, 3.63) is 63.7 Å². The number of allylic oxidation sites excluding steroid dienone is 4. The van der Waals surface area contributed by atoms with Gasteiger partial charge in [0.15, 0.2) is 0 Å². The first-order valence-electron chi connectivity index (χ1n) is 9.36. The molecule has 143 valence electrons. The van der Waals surface area contributed by atoms with Crippen LogP contribution < -0.4 is 35.2 Å². The number of fused-ring (bicyclic) bond motifs is 5. The first kappa shape index (κ1) is 22.4. The van der Waals surface area contributed by atoms with Gasteiger partial charge in [-0.1, -0.05) is 0 Å². The standard InChI is InChI=1S/C23H22ClSi.2ClH.Ti/c1-12-13(2)15(4)21(14(12)3)20-11-18-17-9-7-6-8-16(17)10-19(18)22-23(20)25(22,5)24;;;/h6-11,14H,1-5H3;2*1H;/q;;;+2/p-2. The summed E-state index contributed by atoms with van der Waals surface area (Å²) in [5, 5.41) is 3.05. The largest absolute Gasteiger partial charge is 1.00 e. The van der Waals surface area contributed by atoms with Crippen LogP contribution in [0.15, 0.2) is 47.1 Å². The number of benzene rings is 2. The molecule has 5 rings (SSSR count). The molecule has 28 heavy (non-hydrogen) atoms. The van der Waals surface area contributed by atoms with Gasteiger partial charge in [0.2, 0.25) is 0 Å². The Bertz CT molecular complexity index is 1080. The Morgan fingerprint density at radius 3 is 2.18 bits per heavy atom. The van der Waals surface area contributed by atoms with Gasteiger partial charge in [0.1, 0.15) is 0 Å². The fourth-order valence-corrected chi connectivity index (χ4v) is 10.6. The smallest absolute Gasteiger partial charge is 1.00 e. The molecule has 0 bridgehead atoms. The molecule has 3 unspecified atom stereocenters. The van der Waals surface area contributed by atoms with E-state index in [0.717, 1.165) is 0 Å². The third kappa shape index (κ3) is 2.67. The average molecular weight is 481 g/mol. The number of rotatable bonds is 1. The molecule has 2 aromatic carbocycles. The van der Waals surface area contributed by atoms with Crippen LogP contribution in [0.5, 0.6) is 0 Å². The van der Waals surface area contributed by atoms with Crippen LogP contribution >= 0.6 is 11.1 Å². The minimum Gasteiger partial charge on any atom is -1.00 e. The molecule has 2 aliphatic carbocycles. The Morgan fingerprint density at radius 2 is 1.57 bits per heavy atom. The zero-order valence-electron chi connectivity index (χ0n) is 16.7. The molecule has 0 amide bonds. The van der Waals surface area contributed by atoms with Crippen LogP contribution in [0.3, 0.4) is 0 Å². The van der Waals surface area contributed by atoms with Gasteiger partial charge in [-0.2, -0.15) is 0 Å². The van der Waals surface area contributed by atoms with E-state index in [9.17, 15) is 0 Å². The summed E-state index contributed by atoms with van der Waals surface area (Å²) in [7, 11) is -1.93. The maximum Gasteiger partial charge on any atom is -1.00 e. The molecule has 0 aromatic heterocycles. The van der Waals surface area contributed by atoms with Crippen molar-refractivity contribution in [2.75, 3.05) is 0 Å². The molecule has 0 N–H and O–H groups in total. The Labute approximate surface area is 197 Å². The van der Waals surface area contributed by atoms with Gasteiger partial charge in [0.05, 0.1) is 0 Å². The van der Waals surface area contributed by atoms with Crippen molar-refractivity contribution in [3.8, 4) is 11.1 Å². The van der Waals surface area contributed by atoms with E-state index in [1.165, 1.54) is 60.5 Å². The summed E-state index contributed by atoms with van der Waals surface area (Å²) in [5.41, 5.74) is 13.3. The second kappa shape index (κ2) is 7.15. The third-order valence-electron chi connectivity index (χ3n) is 7.03. The van der Waals surface area contributed by atoms with Gasteiger partial charge in [0, 0.05) is 0 Å². The van der Waals surface area contributed by atoms with E-state index < -0.39 is 7.38 Å². The molecule has 5 heteroatoms. The molecule has 0 saturated carbocycles. The third-order valence-corrected chi connectivity index (χ3v) is 11.8. The van der Waals surface area contributed by atoms with E-state index in [1.807, 2.05) is 0 Å². The summed E-state index contributed by atoms with van der Waals surface area (Å²) in [4.78, 5) is 0. The minimum absolute atomic E-state index is 0. The summed E-state index contributed by atoms with van der Waals surface area (Å²) in [6.07, 6.45) is 0. The molecule has 0 nitrogen and oxygen atoms in total. The fraction of sp³-hybridized carbons (Fsp3) is 0.304. The van der Waals surface area contributed by atoms with Crippen LogP contribution in [0.25, 0.3) is 16.7 Å². The molecular formula is C23H22Cl3SiTi. The van der Waals surface area contributed by atoms with E-state index in [0.29, 0.717) is 10.1 Å². The Kier molecular flexibility index (Phi) is 5.72. The molecule has 0 saturated heterocycles. The quantitative estimate of drug-likeness (QED) is 0.375. The van der Waals surface area contributed by atoms with E-state index in [4.69, 9.17) is 11.1 Å². The first-order valence-corrected chi connectivity index (χ1v) is 13.8. The van der Waals surface area contributed by atoms with Crippen molar-refractivity contribution in [2.24, 2.45) is 5.92 Å². The van der Waals surface area contributed by atoms with Gasteiger partial charge in [0.25, 0.3) is 0 Å². The summed E-state index contributed by atoms with van der Waals surface area (Å²) in [5.74, 6) is 0.494. The Hall–Kier alpha value is -0.279. The average Bonchev–Trinajstić information content (AvgIpc) is 3.00. The minimum atomic E-state index is -1.93. The van der Waals surface area contributed by atoms with Crippen molar-refractivity contribution in [1.29, 1.82) is 0 Å². The first-order chi connectivity index (χ1) is 12.3. The number of hydrogen-bond acceptors (Lipinski definition) is 0. The second-order valence-corrected chi connectivity index (χ2v) is 14.4. The maximum atomic E-state index is 7.18. The van der Waals surface area contributed by atoms with Crippen LogP contribution in [-0.2, 0) is 20.4 Å². The maximum absolute atomic E-state index is 7.18. The van der Waals surface area contributed by atoms with Crippen molar-refractivity contribution in [2.45, 2.75) is 38.5 Å². The van der Waals surface area contributed by atoms with Crippen LogP contribution in [-0.4, -0.2) is 7.38 Å². The predicted molar refractivity (Wildman–Crippen MR) is 111 cm³/mol. The van der Waals surface area contributed by atoms with Crippen LogP contribution in [0.4, 0.5) is 0 Å². The fourth-order valence-electron chi connectivity index (χ4n) is 5.24. The molecule has 1 aliphatic heterocycles. The van der Waals surface area contributed by atoms with Crippen molar-refractivity contribution < 1.29 is 45.2 Å². The van der Waals surface area contributed by atoms with Crippen molar-refractivity contribution in [1.82, 2.24) is 0 Å². The van der Waals surface area contributed by atoms with Crippen LogP contribution in [0.1, 0.15) is 48.6 Å². The van der Waals surface area contributed by atoms with Gasteiger partial charge < -0.3 is 24.8 Å². The molecule has 2 aromatic rings. The molecule has 0 radical (unpaired) electrons. The molecule has 1 heterocycles. The second-order valence-electron chi connectivity index (χ2n) is 8.23. The van der Waals surface area contributed by atoms with E-state index >= 15 is 0 Å². The monoisotopic (exact) mass is 479 g/mol. The van der Waals surface area contributed by atoms with Crippen molar-refractivity contribution >= 4 is 34.4 Å². The predicted octanol–water partition coefficient (Wildman–Crippen LogP) is -0.687. The summed E-state index contributed by atoms with van der Waals surface area (Å²) in [6.45, 7) is 11.5. The molecular weight excluding hydrogens is 459 g/mol. The summed E-state index contributed by atoms with van der Waals surface area (Å²) >= 11 is 9.53. The SMILES string of the molecule is CC1=C(C)C(C)C(c2cc3c(c4c2[Si]4(C)Cl)[CH]([Ti+2])c2ccccc2-3)=C1C.[Cl-].[Cl-]. The van der Waals surface area contributed by atoms with Crippen LogP contribution in [0.2, 0.25) is 6.55 Å². The zero-order valence-corrected chi connectivity index (χ0v) is 21.5. The summed E-state index contributed by atoms with van der Waals surface area (Å²) < 4.78 is 0.467. The zero-order chi connectivity index (χ0) is 18.5. The molecule has 0 spiro atoms. The van der Waals surface area contributed by atoms with E-state index in [2.05, 4.69) is 85.0 Å². The van der Waals surface area contributed by atoms with Crippen molar-refractivity contribution in [3.63, 3.8) is 0 Å². The van der Waals surface area contributed by atoms with Gasteiger partial charge in [-0.05, 0) is 0 Å². The van der Waals surface area contributed by atoms with Crippen LogP contribution in [0, 0.1) is 5.92 Å². The molecule has 3 aliphatic rings. The van der Waals surface area contributed by atoms with Gasteiger partial charge in [-0.15, -0.1) is 0 Å². The van der Waals surface area contributed by atoms with Gasteiger partial charge in [-0.25, -0.2) is 0 Å². The van der Waals surface area contributed by atoms with E-state index in [1.54, 1.807) is 0 Å². The summed E-state index contributed by atoms with van der Waals surface area (Å²) in [6, 6.07) is 11.4. The normalized spacial score (nSPS) is 26.4.